The Bertz CT molecular complexity index is 986. The molecule has 1 aliphatic rings. The number of carbonyl (C=O) groups excluding carboxylic acids is 1. The molecule has 0 amide bonds. The van der Waals surface area contributed by atoms with Crippen LogP contribution < -0.4 is 4.90 Å². The molecule has 0 aliphatic carbocycles. The van der Waals surface area contributed by atoms with E-state index in [4.69, 9.17) is 4.98 Å². The molecule has 3 aromatic rings. The summed E-state index contributed by atoms with van der Waals surface area (Å²) >= 11 is 0. The van der Waals surface area contributed by atoms with Crippen LogP contribution in [0, 0.1) is 6.92 Å². The summed E-state index contributed by atoms with van der Waals surface area (Å²) in [6.45, 7) is 3.87. The number of Topliss-reactive ketones (excluding diaryl/α,β-unsaturated/α-hetero) is 1. The Hall–Kier alpha value is -2.57. The Morgan fingerprint density at radius 1 is 1.24 bits per heavy atom. The van der Waals surface area contributed by atoms with Crippen molar-refractivity contribution in [3.8, 4) is 0 Å². The van der Waals surface area contributed by atoms with Gasteiger partial charge in [0.1, 0.15) is 5.65 Å². The zero-order valence-corrected chi connectivity index (χ0v) is 14.1. The van der Waals surface area contributed by atoms with Gasteiger partial charge >= 0.3 is 0 Å². The minimum atomic E-state index is -2.62. The predicted molar refractivity (Wildman–Crippen MR) is 91.6 cm³/mol. The minimum absolute atomic E-state index is 0.0757. The van der Waals surface area contributed by atoms with Crippen LogP contribution in [0.5, 0.6) is 0 Å². The molecular formula is C18H18F2N4O. The van der Waals surface area contributed by atoms with Crippen LogP contribution in [0.2, 0.25) is 0 Å². The van der Waals surface area contributed by atoms with Crippen LogP contribution in [-0.4, -0.2) is 39.2 Å². The normalized spacial score (nSPS) is 17.4. The molecule has 0 spiro atoms. The highest BCUT2D eigenvalue weighted by Crippen LogP contribution is 2.32. The van der Waals surface area contributed by atoms with Gasteiger partial charge in [-0.15, -0.1) is 0 Å². The fourth-order valence-corrected chi connectivity index (χ4v) is 3.41. The summed E-state index contributed by atoms with van der Waals surface area (Å²) in [6, 6.07) is 3.76. The van der Waals surface area contributed by atoms with Crippen molar-refractivity contribution in [1.82, 2.24) is 14.4 Å². The van der Waals surface area contributed by atoms with Crippen molar-refractivity contribution in [1.29, 1.82) is 0 Å². The summed E-state index contributed by atoms with van der Waals surface area (Å²) in [5, 5.41) is 0.793. The molecule has 1 saturated heterocycles. The summed E-state index contributed by atoms with van der Waals surface area (Å²) in [4.78, 5) is 23.0. The van der Waals surface area contributed by atoms with Crippen molar-refractivity contribution >= 4 is 28.3 Å². The van der Waals surface area contributed by atoms with Crippen LogP contribution in [0.3, 0.4) is 0 Å². The third-order valence-electron chi connectivity index (χ3n) is 4.72. The first-order valence-corrected chi connectivity index (χ1v) is 8.27. The monoisotopic (exact) mass is 344 g/mol. The number of hydrogen-bond acceptors (Lipinski definition) is 4. The number of fused-ring (bicyclic) bond motifs is 3. The number of rotatable bonds is 2. The maximum absolute atomic E-state index is 13.5. The van der Waals surface area contributed by atoms with Gasteiger partial charge in [0.05, 0.1) is 5.52 Å². The van der Waals surface area contributed by atoms with Gasteiger partial charge in [-0.2, -0.15) is 0 Å². The van der Waals surface area contributed by atoms with E-state index in [0.29, 0.717) is 22.7 Å². The van der Waals surface area contributed by atoms with E-state index >= 15 is 0 Å². The van der Waals surface area contributed by atoms with Crippen molar-refractivity contribution in [2.24, 2.45) is 0 Å². The highest BCUT2D eigenvalue weighted by atomic mass is 19.3. The lowest BCUT2D eigenvalue weighted by Crippen LogP contribution is -2.40. The maximum Gasteiger partial charge on any atom is 0.251 e. The number of aromatic nitrogens is 3. The lowest BCUT2D eigenvalue weighted by Gasteiger charge is -2.32. The first-order chi connectivity index (χ1) is 11.9. The second kappa shape index (κ2) is 5.47. The van der Waals surface area contributed by atoms with Gasteiger partial charge in [0, 0.05) is 49.3 Å². The van der Waals surface area contributed by atoms with Gasteiger partial charge in [0.15, 0.2) is 5.78 Å². The molecule has 2 aromatic heterocycles. The van der Waals surface area contributed by atoms with Crippen LogP contribution in [0.15, 0.2) is 24.5 Å². The van der Waals surface area contributed by atoms with Crippen molar-refractivity contribution in [2.75, 3.05) is 18.0 Å². The van der Waals surface area contributed by atoms with Gasteiger partial charge < -0.3 is 4.90 Å². The Morgan fingerprint density at radius 2 is 1.96 bits per heavy atom. The second-order valence-electron chi connectivity index (χ2n) is 6.64. The lowest BCUT2D eigenvalue weighted by molar-refractivity contribution is -0.0222. The molecule has 0 unspecified atom stereocenters. The number of ketones is 1. The summed E-state index contributed by atoms with van der Waals surface area (Å²) in [6.07, 6.45) is 3.04. The zero-order chi connectivity index (χ0) is 17.8. The second-order valence-corrected chi connectivity index (χ2v) is 6.64. The van der Waals surface area contributed by atoms with Crippen molar-refractivity contribution in [3.05, 3.63) is 35.7 Å². The molecule has 0 N–H and O–H groups in total. The van der Waals surface area contributed by atoms with Crippen LogP contribution in [0.1, 0.15) is 35.7 Å². The van der Waals surface area contributed by atoms with Gasteiger partial charge in [-0.05, 0) is 31.5 Å². The van der Waals surface area contributed by atoms with Gasteiger partial charge in [-0.25, -0.2) is 18.7 Å². The molecule has 0 bridgehead atoms. The molecular weight excluding hydrogens is 326 g/mol. The molecule has 25 heavy (non-hydrogen) atoms. The third-order valence-corrected chi connectivity index (χ3v) is 4.72. The molecule has 0 radical (unpaired) electrons. The number of hydrogen-bond donors (Lipinski definition) is 0. The smallest absolute Gasteiger partial charge is 0.251 e. The molecule has 130 valence electrons. The van der Waals surface area contributed by atoms with E-state index in [2.05, 4.69) is 4.98 Å². The SMILES string of the molecule is CC(=O)c1cc(C)cc2c1nc(N1CCC(F)(F)CC1)n1ccnc21. The number of aryl methyl sites for hydroxylation is 1. The lowest BCUT2D eigenvalue weighted by atomic mass is 10.0. The average Bonchev–Trinajstić information content (AvgIpc) is 3.03. The molecule has 0 atom stereocenters. The fourth-order valence-electron chi connectivity index (χ4n) is 3.41. The minimum Gasteiger partial charge on any atom is -0.341 e. The third kappa shape index (κ3) is 2.63. The van der Waals surface area contributed by atoms with E-state index in [1.807, 2.05) is 28.4 Å². The maximum atomic E-state index is 13.5. The Morgan fingerprint density at radius 3 is 2.64 bits per heavy atom. The number of benzene rings is 1. The quantitative estimate of drug-likeness (QED) is 0.666. The van der Waals surface area contributed by atoms with E-state index in [-0.39, 0.29) is 31.7 Å². The molecule has 4 rings (SSSR count). The Kier molecular flexibility index (Phi) is 3.49. The van der Waals surface area contributed by atoms with Gasteiger partial charge in [-0.1, -0.05) is 0 Å². The first-order valence-electron chi connectivity index (χ1n) is 8.27. The van der Waals surface area contributed by atoms with E-state index in [0.717, 1.165) is 10.9 Å². The number of nitrogens with zero attached hydrogens (tertiary/aromatic N) is 4. The molecule has 1 aliphatic heterocycles. The van der Waals surface area contributed by atoms with E-state index in [1.165, 1.54) is 6.92 Å². The number of imidazole rings is 1. The summed E-state index contributed by atoms with van der Waals surface area (Å²) in [5.74, 6) is -2.14. The van der Waals surface area contributed by atoms with Crippen LogP contribution in [0.25, 0.3) is 16.6 Å². The number of alkyl halides is 2. The molecule has 5 nitrogen and oxygen atoms in total. The van der Waals surface area contributed by atoms with Crippen molar-refractivity contribution in [3.63, 3.8) is 0 Å². The number of piperidine rings is 1. The number of anilines is 1. The summed E-state index contributed by atoms with van der Waals surface area (Å²) in [7, 11) is 0. The summed E-state index contributed by atoms with van der Waals surface area (Å²) < 4.78 is 28.8. The van der Waals surface area contributed by atoms with Gasteiger partial charge in [0.25, 0.3) is 5.92 Å². The number of carbonyl (C=O) groups is 1. The Labute approximate surface area is 143 Å². The molecule has 0 saturated carbocycles. The van der Waals surface area contributed by atoms with Crippen LogP contribution in [0.4, 0.5) is 14.7 Å². The standard InChI is InChI=1S/C18H18F2N4O/c1-11-9-13(12(2)25)15-14(10-11)16-21-5-8-24(16)17(22-15)23-6-3-18(19,20)4-7-23/h5,8-10H,3-4,6-7H2,1-2H3. The van der Waals surface area contributed by atoms with Gasteiger partial charge in [-0.3, -0.25) is 9.20 Å². The molecule has 1 fully saturated rings. The van der Waals surface area contributed by atoms with Crippen LogP contribution >= 0.6 is 0 Å². The van der Waals surface area contributed by atoms with E-state index in [9.17, 15) is 13.6 Å². The largest absolute Gasteiger partial charge is 0.341 e. The van der Waals surface area contributed by atoms with E-state index < -0.39 is 5.92 Å². The van der Waals surface area contributed by atoms with Gasteiger partial charge in [0.2, 0.25) is 5.95 Å². The predicted octanol–water partition coefficient (Wildman–Crippen LogP) is 3.63. The zero-order valence-electron chi connectivity index (χ0n) is 14.1. The van der Waals surface area contributed by atoms with Crippen molar-refractivity contribution < 1.29 is 13.6 Å². The topological polar surface area (TPSA) is 50.5 Å². The van der Waals surface area contributed by atoms with E-state index in [1.54, 1.807) is 12.4 Å². The first kappa shape index (κ1) is 15.9. The average molecular weight is 344 g/mol. The van der Waals surface area contributed by atoms with Crippen LogP contribution in [-0.2, 0) is 0 Å². The highest BCUT2D eigenvalue weighted by molar-refractivity contribution is 6.09. The molecule has 7 heteroatoms. The van der Waals surface area contributed by atoms with Crippen molar-refractivity contribution in [2.45, 2.75) is 32.6 Å². The fraction of sp³-hybridized carbons (Fsp3) is 0.389. The summed E-state index contributed by atoms with van der Waals surface area (Å²) in [5.41, 5.74) is 2.74. The Balaban J connectivity index is 1.95. The molecule has 1 aromatic carbocycles. The molecule has 3 heterocycles. The number of halogens is 2. The highest BCUT2D eigenvalue weighted by Gasteiger charge is 2.35.